The van der Waals surface area contributed by atoms with Gasteiger partial charge in [-0.1, -0.05) is 11.6 Å². The van der Waals surface area contributed by atoms with Crippen LogP contribution in [-0.2, 0) is 19.3 Å². The summed E-state index contributed by atoms with van der Waals surface area (Å²) in [6, 6.07) is 7.30. The van der Waals surface area contributed by atoms with Crippen LogP contribution in [-0.4, -0.2) is 39.4 Å². The molecule has 2 aromatic rings. The molecule has 0 amide bonds. The molecule has 3 atom stereocenters. The monoisotopic (exact) mass is 430 g/mol. The highest BCUT2D eigenvalue weighted by Gasteiger charge is 2.61. The van der Waals surface area contributed by atoms with Gasteiger partial charge in [0.15, 0.2) is 21.4 Å². The molecule has 1 fully saturated rings. The lowest BCUT2D eigenvalue weighted by Gasteiger charge is -2.49. The Bertz CT molecular complexity index is 1010. The molecular formula is C19H17ClF2O5S. The second-order valence-corrected chi connectivity index (χ2v) is 9.48. The number of fused-ring (bicyclic) bond motifs is 3. The summed E-state index contributed by atoms with van der Waals surface area (Å²) in [5.41, 5.74) is -0.347. The molecule has 0 spiro atoms. The van der Waals surface area contributed by atoms with E-state index in [2.05, 4.69) is 0 Å². The number of sulfone groups is 1. The highest BCUT2D eigenvalue weighted by atomic mass is 35.5. The Kier molecular flexibility index (Phi) is 4.86. The van der Waals surface area contributed by atoms with Crippen molar-refractivity contribution in [3.63, 3.8) is 0 Å². The Hall–Kier alpha value is -1.74. The van der Waals surface area contributed by atoms with Gasteiger partial charge < -0.3 is 14.6 Å². The lowest BCUT2D eigenvalue weighted by molar-refractivity contribution is -0.0933. The molecule has 2 aromatic carbocycles. The van der Waals surface area contributed by atoms with Crippen molar-refractivity contribution >= 4 is 21.4 Å². The Morgan fingerprint density at radius 2 is 1.82 bits per heavy atom. The number of aliphatic hydroxyl groups is 1. The van der Waals surface area contributed by atoms with E-state index in [-0.39, 0.29) is 30.1 Å². The van der Waals surface area contributed by atoms with Crippen LogP contribution < -0.4 is 4.74 Å². The van der Waals surface area contributed by atoms with Crippen LogP contribution in [0.1, 0.15) is 12.0 Å². The van der Waals surface area contributed by atoms with Gasteiger partial charge in [0.1, 0.15) is 10.6 Å². The number of halogens is 3. The Balaban J connectivity index is 2.04. The molecule has 2 heterocycles. The molecule has 2 aliphatic rings. The summed E-state index contributed by atoms with van der Waals surface area (Å²) < 4.78 is 66.1. The lowest BCUT2D eigenvalue weighted by Crippen LogP contribution is -2.58. The summed E-state index contributed by atoms with van der Waals surface area (Å²) in [5, 5.41) is 10.1. The van der Waals surface area contributed by atoms with Crippen molar-refractivity contribution in [1.29, 1.82) is 0 Å². The van der Waals surface area contributed by atoms with E-state index in [1.165, 1.54) is 24.3 Å². The lowest BCUT2D eigenvalue weighted by atomic mass is 9.76. The van der Waals surface area contributed by atoms with Crippen LogP contribution in [0.5, 0.6) is 5.75 Å². The second-order valence-electron chi connectivity index (χ2n) is 6.84. The third-order valence-electron chi connectivity index (χ3n) is 5.53. The molecule has 9 heteroatoms. The van der Waals surface area contributed by atoms with Gasteiger partial charge in [0.2, 0.25) is 0 Å². The maximum absolute atomic E-state index is 15.0. The minimum absolute atomic E-state index is 0.0378. The van der Waals surface area contributed by atoms with E-state index < -0.39 is 50.6 Å². The maximum Gasteiger partial charge on any atom is 0.189 e. The van der Waals surface area contributed by atoms with Crippen molar-refractivity contribution in [3.05, 3.63) is 58.6 Å². The number of hydrogen-bond acceptors (Lipinski definition) is 5. The molecule has 28 heavy (non-hydrogen) atoms. The number of ether oxygens (including phenoxy) is 2. The van der Waals surface area contributed by atoms with Crippen LogP contribution in [0.2, 0.25) is 5.02 Å². The van der Waals surface area contributed by atoms with Gasteiger partial charge in [-0.2, -0.15) is 0 Å². The number of aliphatic hydroxyl groups excluding tert-OH is 1. The van der Waals surface area contributed by atoms with Crippen LogP contribution in [0.4, 0.5) is 8.78 Å². The summed E-state index contributed by atoms with van der Waals surface area (Å²) in [5.74, 6) is -3.05. The van der Waals surface area contributed by atoms with Crippen LogP contribution in [0.15, 0.2) is 41.3 Å². The molecule has 0 saturated carbocycles. The summed E-state index contributed by atoms with van der Waals surface area (Å²) in [6.45, 7) is -0.743. The topological polar surface area (TPSA) is 72.8 Å². The van der Waals surface area contributed by atoms with Gasteiger partial charge in [0, 0.05) is 17.5 Å². The van der Waals surface area contributed by atoms with E-state index in [0.717, 1.165) is 12.1 Å². The predicted octanol–water partition coefficient (Wildman–Crippen LogP) is 3.08. The second kappa shape index (κ2) is 6.95. The van der Waals surface area contributed by atoms with E-state index in [0.29, 0.717) is 5.02 Å². The Morgan fingerprint density at radius 1 is 1.14 bits per heavy atom. The summed E-state index contributed by atoms with van der Waals surface area (Å²) in [6.07, 6.45) is -0.998. The first-order chi connectivity index (χ1) is 13.3. The number of hydrogen-bond donors (Lipinski definition) is 1. The zero-order valence-electron chi connectivity index (χ0n) is 14.6. The summed E-state index contributed by atoms with van der Waals surface area (Å²) in [7, 11) is -4.23. The summed E-state index contributed by atoms with van der Waals surface area (Å²) in [4.78, 5) is -0.0722. The first-order valence-corrected chi connectivity index (χ1v) is 10.5. The molecule has 2 aliphatic heterocycles. The molecule has 4 rings (SSSR count). The van der Waals surface area contributed by atoms with Crippen molar-refractivity contribution in [3.8, 4) is 5.75 Å². The van der Waals surface area contributed by atoms with Gasteiger partial charge >= 0.3 is 0 Å². The van der Waals surface area contributed by atoms with E-state index in [9.17, 15) is 22.3 Å². The maximum atomic E-state index is 15.0. The predicted molar refractivity (Wildman–Crippen MR) is 97.1 cm³/mol. The van der Waals surface area contributed by atoms with Crippen LogP contribution in [0, 0.1) is 17.6 Å². The fourth-order valence-corrected chi connectivity index (χ4v) is 6.70. The van der Waals surface area contributed by atoms with Gasteiger partial charge in [-0.25, -0.2) is 17.2 Å². The smallest absolute Gasteiger partial charge is 0.189 e. The molecule has 0 aromatic heterocycles. The minimum Gasteiger partial charge on any atom is -0.490 e. The highest BCUT2D eigenvalue weighted by molar-refractivity contribution is 7.92. The van der Waals surface area contributed by atoms with E-state index in [1.807, 2.05) is 0 Å². The van der Waals surface area contributed by atoms with Crippen molar-refractivity contribution < 1.29 is 31.8 Å². The zero-order chi connectivity index (χ0) is 20.1. The van der Waals surface area contributed by atoms with Gasteiger partial charge in [0.25, 0.3) is 0 Å². The quantitative estimate of drug-likeness (QED) is 0.810. The fraction of sp³-hybridized carbons (Fsp3) is 0.368. The first-order valence-electron chi connectivity index (χ1n) is 8.67. The average Bonchev–Trinajstić information content (AvgIpc) is 2.69. The van der Waals surface area contributed by atoms with Crippen LogP contribution >= 0.6 is 11.6 Å². The van der Waals surface area contributed by atoms with Crippen LogP contribution in [0.25, 0.3) is 0 Å². The average molecular weight is 431 g/mol. The Labute approximate surface area is 165 Å². The zero-order valence-corrected chi connectivity index (χ0v) is 16.1. The third-order valence-corrected chi connectivity index (χ3v) is 8.34. The summed E-state index contributed by atoms with van der Waals surface area (Å²) >= 11 is 5.88. The van der Waals surface area contributed by atoms with E-state index in [1.54, 1.807) is 0 Å². The Morgan fingerprint density at radius 3 is 2.50 bits per heavy atom. The van der Waals surface area contributed by atoms with Crippen molar-refractivity contribution in [2.24, 2.45) is 5.92 Å². The largest absolute Gasteiger partial charge is 0.490 e. The third kappa shape index (κ3) is 2.66. The van der Waals surface area contributed by atoms with E-state index in [4.69, 9.17) is 21.1 Å². The van der Waals surface area contributed by atoms with Gasteiger partial charge in [0.05, 0.1) is 29.8 Å². The highest BCUT2D eigenvalue weighted by Crippen LogP contribution is 2.55. The van der Waals surface area contributed by atoms with Gasteiger partial charge in [-0.3, -0.25) is 0 Å². The number of benzene rings is 2. The van der Waals surface area contributed by atoms with Crippen molar-refractivity contribution in [2.45, 2.75) is 22.2 Å². The molecule has 150 valence electrons. The molecule has 0 radical (unpaired) electrons. The molecule has 1 saturated heterocycles. The van der Waals surface area contributed by atoms with Crippen molar-refractivity contribution in [2.75, 3.05) is 19.8 Å². The van der Waals surface area contributed by atoms with Crippen LogP contribution in [0.3, 0.4) is 0 Å². The standard InChI is InChI=1S/C19H17ClF2O5S/c20-11-1-3-12(4-2-11)28(24,25)19-7-8-26-16(9-23)13(19)10-27-18-15(22)6-5-14(21)17(18)19/h1-6,13,16,23H,7-10H2/t13-,16-,19-/m0/s1. The van der Waals surface area contributed by atoms with Gasteiger partial charge in [-0.15, -0.1) is 0 Å². The molecular weight excluding hydrogens is 414 g/mol. The van der Waals surface area contributed by atoms with E-state index >= 15 is 0 Å². The fourth-order valence-electron chi connectivity index (χ4n) is 4.23. The van der Waals surface area contributed by atoms with Crippen molar-refractivity contribution in [1.82, 2.24) is 0 Å². The molecule has 0 bridgehead atoms. The normalized spacial score (nSPS) is 26.9. The van der Waals surface area contributed by atoms with Gasteiger partial charge in [-0.05, 0) is 42.8 Å². The molecule has 5 nitrogen and oxygen atoms in total. The number of rotatable bonds is 3. The minimum atomic E-state index is -4.23. The molecule has 0 aliphatic carbocycles. The SMILES string of the molecule is O=S(=O)(c1ccc(Cl)cc1)[C@@]12CCO[C@@H](CO)[C@@H]1COc1c(F)ccc(F)c12. The first kappa shape index (κ1) is 19.6. The molecule has 1 N–H and O–H groups in total. The molecule has 0 unspecified atom stereocenters.